The van der Waals surface area contributed by atoms with Crippen LogP contribution in [-0.2, 0) is 21.7 Å². The van der Waals surface area contributed by atoms with E-state index >= 15 is 0 Å². The monoisotopic (exact) mass is 450 g/mol. The van der Waals surface area contributed by atoms with Gasteiger partial charge in [-0.05, 0) is 17.2 Å². The van der Waals surface area contributed by atoms with E-state index < -0.39 is 73.0 Å². The second-order valence-electron chi connectivity index (χ2n) is 5.61. The zero-order chi connectivity index (χ0) is 22.7. The van der Waals surface area contributed by atoms with Crippen molar-refractivity contribution < 1.29 is 41.0 Å². The maximum absolute atomic E-state index is 13.8. The molecule has 1 amide bonds. The zero-order valence-electron chi connectivity index (χ0n) is 14.9. The highest BCUT2D eigenvalue weighted by Gasteiger charge is 2.29. The fourth-order valence-electron chi connectivity index (χ4n) is 2.33. The van der Waals surface area contributed by atoms with Gasteiger partial charge < -0.3 is 15.0 Å². The molecule has 13 heteroatoms. The first kappa shape index (κ1) is 23.1. The number of nitrogens with zero attached hydrogens (tertiary/aromatic N) is 1. The average Bonchev–Trinajstić information content (AvgIpc) is 2.70. The van der Waals surface area contributed by atoms with Gasteiger partial charge in [0.15, 0.2) is 29.0 Å². The molecule has 2 aromatic carbocycles. The van der Waals surface area contributed by atoms with Crippen LogP contribution in [0, 0.1) is 39.2 Å². The third-order valence-electron chi connectivity index (χ3n) is 3.75. The molecule has 1 unspecified atom stereocenters. The quantitative estimate of drug-likeness (QED) is 0.132. The lowest BCUT2D eigenvalue weighted by Crippen LogP contribution is -2.22. The predicted molar refractivity (Wildman–Crippen MR) is 94.9 cm³/mol. The van der Waals surface area contributed by atoms with Gasteiger partial charge in [0.05, 0.1) is 17.6 Å². The molecule has 0 aliphatic rings. The number of amides is 1. The molecule has 160 valence electrons. The number of carbonyl (C=O) groups excluding carboxylic acids is 1. The minimum atomic E-state index is -2.45. The van der Waals surface area contributed by atoms with Gasteiger partial charge in [0.2, 0.25) is 10.7 Å². The summed E-state index contributed by atoms with van der Waals surface area (Å²) < 4.78 is 84.8. The van der Waals surface area contributed by atoms with Gasteiger partial charge in [0.1, 0.15) is 5.75 Å². The Bertz CT molecular complexity index is 1030. The van der Waals surface area contributed by atoms with Gasteiger partial charge in [0.25, 0.3) is 5.91 Å². The van der Waals surface area contributed by atoms with E-state index in [-0.39, 0.29) is 17.4 Å². The van der Waals surface area contributed by atoms with E-state index in [1.165, 1.54) is 19.2 Å². The first-order chi connectivity index (χ1) is 14.0. The molecular formula is C17H11F5N2O5S. The Kier molecular flexibility index (Phi) is 7.00. The fraction of sp³-hybridized carbons (Fsp3) is 0.118. The van der Waals surface area contributed by atoms with Crippen molar-refractivity contribution in [2.24, 2.45) is 5.73 Å². The van der Waals surface area contributed by atoms with Crippen molar-refractivity contribution in [3.8, 4) is 5.75 Å². The van der Waals surface area contributed by atoms with Crippen LogP contribution in [0.3, 0.4) is 0 Å². The van der Waals surface area contributed by atoms with E-state index in [0.29, 0.717) is 0 Å². The van der Waals surface area contributed by atoms with Gasteiger partial charge in [-0.1, -0.05) is 6.07 Å². The number of nitro groups is 1. The van der Waals surface area contributed by atoms with E-state index in [1.54, 1.807) is 0 Å². The van der Waals surface area contributed by atoms with Gasteiger partial charge >= 0.3 is 5.69 Å². The Morgan fingerprint density at radius 2 is 1.67 bits per heavy atom. The SMILES string of the molecule is COc1ccc(C[S+]([O-])C(=Cc2c(F)c(F)c(F)c(F)c2F)C(N)=O)cc1[N+](=O)[O-]. The number of nitrogens with two attached hydrogens (primary N) is 1. The van der Waals surface area contributed by atoms with E-state index in [4.69, 9.17) is 10.5 Å². The molecule has 0 heterocycles. The van der Waals surface area contributed by atoms with Crippen LogP contribution in [0.4, 0.5) is 27.6 Å². The van der Waals surface area contributed by atoms with Crippen molar-refractivity contribution in [2.45, 2.75) is 5.75 Å². The minimum absolute atomic E-state index is 0.0467. The summed E-state index contributed by atoms with van der Waals surface area (Å²) in [5.74, 6) is -13.6. The van der Waals surface area contributed by atoms with Crippen molar-refractivity contribution in [3.05, 3.63) is 73.4 Å². The fourth-order valence-corrected chi connectivity index (χ4v) is 3.44. The number of rotatable bonds is 7. The lowest BCUT2D eigenvalue weighted by Gasteiger charge is -2.13. The standard InChI is InChI=1S/C17H11F5N2O5S/c1-29-10-3-2-7(4-9(10)24(26)27)6-30(28)11(17(23)25)5-8-12(18)14(20)16(22)15(21)13(8)19/h2-5H,6H2,1H3,(H2,23,25). The normalized spacial score (nSPS) is 12.6. The summed E-state index contributed by atoms with van der Waals surface area (Å²) in [5, 5.41) is 11.0. The summed E-state index contributed by atoms with van der Waals surface area (Å²) in [4.78, 5) is 20.9. The Hall–Kier alpha value is -3.19. The molecule has 0 spiro atoms. The van der Waals surface area contributed by atoms with Crippen LogP contribution in [0.1, 0.15) is 11.1 Å². The highest BCUT2D eigenvalue weighted by atomic mass is 32.2. The number of methoxy groups -OCH3 is 1. The summed E-state index contributed by atoms with van der Waals surface area (Å²) in [6, 6.07) is 3.43. The molecule has 2 rings (SSSR count). The topological polar surface area (TPSA) is 119 Å². The van der Waals surface area contributed by atoms with Crippen LogP contribution in [0.2, 0.25) is 0 Å². The smallest absolute Gasteiger partial charge is 0.311 e. The van der Waals surface area contributed by atoms with Crippen molar-refractivity contribution in [2.75, 3.05) is 7.11 Å². The third-order valence-corrected chi connectivity index (χ3v) is 5.15. The maximum Gasteiger partial charge on any atom is 0.311 e. The largest absolute Gasteiger partial charge is 0.611 e. The average molecular weight is 450 g/mol. The number of nitro benzene ring substituents is 1. The van der Waals surface area contributed by atoms with Crippen molar-refractivity contribution >= 4 is 28.8 Å². The van der Waals surface area contributed by atoms with E-state index in [1.807, 2.05) is 0 Å². The van der Waals surface area contributed by atoms with Gasteiger partial charge in [-0.25, -0.2) is 22.0 Å². The molecule has 0 bridgehead atoms. The van der Waals surface area contributed by atoms with E-state index in [9.17, 15) is 41.4 Å². The van der Waals surface area contributed by atoms with Crippen LogP contribution < -0.4 is 10.5 Å². The number of hydrogen-bond donors (Lipinski definition) is 1. The molecular weight excluding hydrogens is 439 g/mol. The lowest BCUT2D eigenvalue weighted by molar-refractivity contribution is -0.385. The molecule has 2 aromatic rings. The van der Waals surface area contributed by atoms with Crippen LogP contribution in [0.5, 0.6) is 5.75 Å². The molecule has 0 radical (unpaired) electrons. The molecule has 1 atom stereocenters. The Morgan fingerprint density at radius 3 is 2.13 bits per heavy atom. The minimum Gasteiger partial charge on any atom is -0.611 e. The summed E-state index contributed by atoms with van der Waals surface area (Å²) in [6.07, 6.45) is 0.187. The Labute approximate surface area is 168 Å². The van der Waals surface area contributed by atoms with Gasteiger partial charge in [-0.2, -0.15) is 0 Å². The summed E-state index contributed by atoms with van der Waals surface area (Å²) in [6.45, 7) is 0. The molecule has 2 N–H and O–H groups in total. The van der Waals surface area contributed by atoms with Crippen LogP contribution in [0.25, 0.3) is 6.08 Å². The van der Waals surface area contributed by atoms with Crippen molar-refractivity contribution in [3.63, 3.8) is 0 Å². The number of ether oxygens (including phenoxy) is 1. The molecule has 0 saturated heterocycles. The molecule has 30 heavy (non-hydrogen) atoms. The van der Waals surface area contributed by atoms with Crippen LogP contribution >= 0.6 is 0 Å². The zero-order valence-corrected chi connectivity index (χ0v) is 15.7. The molecule has 0 aliphatic heterocycles. The molecule has 0 aromatic heterocycles. The highest BCUT2D eigenvalue weighted by Crippen LogP contribution is 2.30. The number of carbonyl (C=O) groups is 1. The van der Waals surface area contributed by atoms with Gasteiger partial charge in [0, 0.05) is 17.7 Å². The highest BCUT2D eigenvalue weighted by molar-refractivity contribution is 7.95. The Balaban J connectivity index is 2.49. The number of halogens is 5. The predicted octanol–water partition coefficient (Wildman–Crippen LogP) is 3.07. The molecule has 7 nitrogen and oxygen atoms in total. The number of primary amides is 1. The maximum atomic E-state index is 13.8. The van der Waals surface area contributed by atoms with E-state index in [2.05, 4.69) is 0 Å². The van der Waals surface area contributed by atoms with E-state index in [0.717, 1.165) is 6.07 Å². The summed E-state index contributed by atoms with van der Waals surface area (Å²) >= 11 is -2.45. The van der Waals surface area contributed by atoms with Crippen LogP contribution in [-0.4, -0.2) is 22.5 Å². The van der Waals surface area contributed by atoms with Gasteiger partial charge in [-0.15, -0.1) is 0 Å². The van der Waals surface area contributed by atoms with Crippen molar-refractivity contribution in [1.82, 2.24) is 0 Å². The lowest BCUT2D eigenvalue weighted by atomic mass is 10.1. The molecule has 0 saturated carbocycles. The summed E-state index contributed by atoms with van der Waals surface area (Å²) in [5.41, 5.74) is 3.09. The molecule has 0 aliphatic carbocycles. The van der Waals surface area contributed by atoms with Gasteiger partial charge in [-0.3, -0.25) is 14.9 Å². The van der Waals surface area contributed by atoms with Crippen LogP contribution in [0.15, 0.2) is 23.1 Å². The molecule has 0 fully saturated rings. The van der Waals surface area contributed by atoms with Crippen molar-refractivity contribution in [1.29, 1.82) is 0 Å². The first-order valence-electron chi connectivity index (χ1n) is 7.72. The summed E-state index contributed by atoms with van der Waals surface area (Å²) in [7, 11) is 1.18. The Morgan fingerprint density at radius 1 is 1.13 bits per heavy atom. The first-order valence-corrected chi connectivity index (χ1v) is 9.04. The number of benzene rings is 2. The second kappa shape index (κ2) is 9.09. The second-order valence-corrected chi connectivity index (χ2v) is 7.03. The third kappa shape index (κ3) is 4.52. The number of hydrogen-bond acceptors (Lipinski definition) is 5.